The van der Waals surface area contributed by atoms with E-state index in [4.69, 9.17) is 10.7 Å². The van der Waals surface area contributed by atoms with Gasteiger partial charge in [-0.25, -0.2) is 4.98 Å². The van der Waals surface area contributed by atoms with Gasteiger partial charge in [0.25, 0.3) is 11.5 Å². The molecule has 190 valence electrons. The molecule has 0 radical (unpaired) electrons. The van der Waals surface area contributed by atoms with E-state index in [2.05, 4.69) is 4.37 Å². The maximum Gasteiger partial charge on any atom is 0.264 e. The lowest BCUT2D eigenvalue weighted by molar-refractivity contribution is -0.0000183. The fourth-order valence-corrected chi connectivity index (χ4v) is 5.10. The zero-order chi connectivity index (χ0) is 24.9. The van der Waals surface area contributed by atoms with Crippen LogP contribution in [0.1, 0.15) is 58.8 Å². The molecule has 1 amide bonds. The van der Waals surface area contributed by atoms with E-state index in [0.717, 1.165) is 11.1 Å². The molecule has 0 fully saturated rings. The molecule has 0 aliphatic carbocycles. The number of halogens is 1. The van der Waals surface area contributed by atoms with Gasteiger partial charge in [-0.05, 0) is 62.5 Å². The number of amides is 1. The molecule has 0 saturated heterocycles. The number of rotatable bonds is 9. The summed E-state index contributed by atoms with van der Waals surface area (Å²) in [6.45, 7) is 7.15. The van der Waals surface area contributed by atoms with Crippen molar-refractivity contribution in [3.05, 3.63) is 93.2 Å². The molecular formula is C27H31ClN5O2S-. The van der Waals surface area contributed by atoms with Gasteiger partial charge in [-0.2, -0.15) is 4.37 Å². The Morgan fingerprint density at radius 3 is 2.44 bits per heavy atom. The number of benzene rings is 2. The first-order valence-corrected chi connectivity index (χ1v) is 12.7. The molecule has 1 unspecified atom stereocenters. The Hall–Kier alpha value is -3.07. The molecule has 0 bridgehead atoms. The van der Waals surface area contributed by atoms with Gasteiger partial charge in [0.1, 0.15) is 5.82 Å². The Balaban J connectivity index is 0.00000361. The monoisotopic (exact) mass is 524 g/mol. The summed E-state index contributed by atoms with van der Waals surface area (Å²) >= 11 is 1.22. The second-order valence-corrected chi connectivity index (χ2v) is 9.48. The molecule has 4 rings (SSSR count). The molecule has 1 atom stereocenters. The quantitative estimate of drug-likeness (QED) is 0.358. The number of carbonyl (C=O) groups is 1. The minimum Gasteiger partial charge on any atom is -1.00 e. The number of hydrogen-bond donors (Lipinski definition) is 1. The Bertz CT molecular complexity index is 1370. The number of hydrogen-bond acceptors (Lipinski definition) is 6. The summed E-state index contributed by atoms with van der Waals surface area (Å²) < 4.78 is 6.10. The van der Waals surface area contributed by atoms with Gasteiger partial charge in [0, 0.05) is 12.1 Å². The van der Waals surface area contributed by atoms with E-state index in [-0.39, 0.29) is 23.9 Å². The molecule has 0 aliphatic rings. The van der Waals surface area contributed by atoms with E-state index in [1.165, 1.54) is 11.5 Å². The first kappa shape index (κ1) is 27.5. The maximum atomic E-state index is 13.7. The highest BCUT2D eigenvalue weighted by atomic mass is 35.5. The zero-order valence-corrected chi connectivity index (χ0v) is 22.4. The molecule has 2 heterocycles. The van der Waals surface area contributed by atoms with E-state index in [0.29, 0.717) is 59.8 Å². The van der Waals surface area contributed by atoms with Crippen molar-refractivity contribution in [3.63, 3.8) is 0 Å². The number of fused-ring (bicyclic) bond motifs is 1. The highest BCUT2D eigenvalue weighted by Gasteiger charge is 2.29. The van der Waals surface area contributed by atoms with Crippen LogP contribution in [0.4, 0.5) is 0 Å². The van der Waals surface area contributed by atoms with Crippen LogP contribution in [-0.2, 0) is 6.54 Å². The van der Waals surface area contributed by atoms with Crippen LogP contribution >= 0.6 is 11.5 Å². The van der Waals surface area contributed by atoms with Crippen LogP contribution in [0.3, 0.4) is 0 Å². The van der Waals surface area contributed by atoms with Crippen molar-refractivity contribution in [2.24, 2.45) is 5.73 Å². The summed E-state index contributed by atoms with van der Waals surface area (Å²) in [5.41, 5.74) is 9.08. The van der Waals surface area contributed by atoms with Crippen LogP contribution in [-0.4, -0.2) is 37.8 Å². The Labute approximate surface area is 221 Å². The average molecular weight is 525 g/mol. The van der Waals surface area contributed by atoms with Crippen molar-refractivity contribution in [3.8, 4) is 0 Å². The molecule has 2 aromatic carbocycles. The summed E-state index contributed by atoms with van der Waals surface area (Å²) in [6, 6.07) is 17.0. The molecule has 9 heteroatoms. The van der Waals surface area contributed by atoms with E-state index in [1.807, 2.05) is 80.3 Å². The minimum atomic E-state index is -0.390. The van der Waals surface area contributed by atoms with Gasteiger partial charge in [0.15, 0.2) is 4.83 Å². The molecule has 7 nitrogen and oxygen atoms in total. The summed E-state index contributed by atoms with van der Waals surface area (Å²) in [5, 5.41) is 0.544. The number of aromatic nitrogens is 3. The Morgan fingerprint density at radius 2 is 1.81 bits per heavy atom. The summed E-state index contributed by atoms with van der Waals surface area (Å²) in [6.07, 6.45) is 1.26. The highest BCUT2D eigenvalue weighted by Crippen LogP contribution is 2.28. The second kappa shape index (κ2) is 12.3. The first-order valence-electron chi connectivity index (χ1n) is 11.9. The lowest BCUT2D eigenvalue weighted by atomic mass is 10.1. The molecule has 0 aliphatic heterocycles. The normalized spacial score (nSPS) is 11.8. The molecule has 2 N–H and O–H groups in total. The molecule has 0 spiro atoms. The van der Waals surface area contributed by atoms with Crippen molar-refractivity contribution >= 4 is 27.7 Å². The van der Waals surface area contributed by atoms with Gasteiger partial charge in [-0.15, -0.1) is 0 Å². The lowest BCUT2D eigenvalue weighted by Gasteiger charge is -2.32. The van der Waals surface area contributed by atoms with Crippen molar-refractivity contribution < 1.29 is 17.2 Å². The number of nitrogens with two attached hydrogens (primary N) is 1. The molecule has 2 aromatic heterocycles. The van der Waals surface area contributed by atoms with E-state index >= 15 is 0 Å². The van der Waals surface area contributed by atoms with Crippen LogP contribution in [0.5, 0.6) is 0 Å². The van der Waals surface area contributed by atoms with Gasteiger partial charge >= 0.3 is 0 Å². The van der Waals surface area contributed by atoms with Crippen LogP contribution in [0.2, 0.25) is 0 Å². The smallest absolute Gasteiger partial charge is 0.264 e. The molecule has 4 aromatic rings. The van der Waals surface area contributed by atoms with Gasteiger partial charge in [0.05, 0.1) is 23.7 Å². The summed E-state index contributed by atoms with van der Waals surface area (Å²) in [5.74, 6) is 0.487. The third-order valence-corrected chi connectivity index (χ3v) is 7.04. The molecular weight excluding hydrogens is 494 g/mol. The van der Waals surface area contributed by atoms with Gasteiger partial charge < -0.3 is 23.0 Å². The first-order chi connectivity index (χ1) is 16.9. The highest BCUT2D eigenvalue weighted by molar-refractivity contribution is 7.12. The van der Waals surface area contributed by atoms with Crippen molar-refractivity contribution in [1.29, 1.82) is 0 Å². The van der Waals surface area contributed by atoms with Gasteiger partial charge in [-0.3, -0.25) is 14.2 Å². The molecule has 0 saturated carbocycles. The zero-order valence-electron chi connectivity index (χ0n) is 20.8. The fourth-order valence-electron chi connectivity index (χ4n) is 4.32. The number of nitrogens with zero attached hydrogens (tertiary/aromatic N) is 4. The van der Waals surface area contributed by atoms with Crippen LogP contribution < -0.4 is 23.7 Å². The maximum absolute atomic E-state index is 13.7. The van der Waals surface area contributed by atoms with Crippen LogP contribution in [0.25, 0.3) is 10.2 Å². The van der Waals surface area contributed by atoms with Crippen molar-refractivity contribution in [2.45, 2.75) is 46.2 Å². The topological polar surface area (TPSA) is 94.1 Å². The van der Waals surface area contributed by atoms with Crippen molar-refractivity contribution in [1.82, 2.24) is 18.8 Å². The lowest BCUT2D eigenvalue weighted by Crippen LogP contribution is -3.00. The third kappa shape index (κ3) is 5.67. The van der Waals surface area contributed by atoms with Crippen molar-refractivity contribution in [2.75, 3.05) is 13.1 Å². The SMILES string of the molecule is CCC(c1nc2snc(C)c2c(=O)n1Cc1ccccc1)N(CCCN)C(=O)c1ccc(C)cc1.[Cl-]. The Kier molecular flexibility index (Phi) is 9.37. The third-order valence-electron chi connectivity index (χ3n) is 6.20. The fraction of sp³-hybridized carbons (Fsp3) is 0.333. The number of aryl methyl sites for hydroxylation is 2. The second-order valence-electron chi connectivity index (χ2n) is 8.73. The van der Waals surface area contributed by atoms with Crippen LogP contribution in [0, 0.1) is 13.8 Å². The predicted octanol–water partition coefficient (Wildman–Crippen LogP) is 1.46. The predicted molar refractivity (Wildman–Crippen MR) is 141 cm³/mol. The summed E-state index contributed by atoms with van der Waals surface area (Å²) in [4.78, 5) is 34.8. The molecule has 36 heavy (non-hydrogen) atoms. The number of carbonyl (C=O) groups excluding carboxylic acids is 1. The van der Waals surface area contributed by atoms with Crippen LogP contribution in [0.15, 0.2) is 59.4 Å². The largest absolute Gasteiger partial charge is 1.00 e. The Morgan fingerprint density at radius 1 is 1.11 bits per heavy atom. The average Bonchev–Trinajstić information content (AvgIpc) is 3.25. The standard InChI is InChI=1S/C27H31N5O2S.ClH/c1-4-22(31(16-8-15-28)26(33)21-13-11-18(2)12-14-21)24-29-25-23(19(3)30-35-25)27(34)32(24)17-20-9-6-5-7-10-20;/h5-7,9-14,22H,4,8,15-17,28H2,1-3H3;1H/p-1. The van der Waals surface area contributed by atoms with E-state index < -0.39 is 6.04 Å². The van der Waals surface area contributed by atoms with Gasteiger partial charge in [0.2, 0.25) is 0 Å². The van der Waals surface area contributed by atoms with Gasteiger partial charge in [-0.1, -0.05) is 55.0 Å². The van der Waals surface area contributed by atoms with E-state index in [1.54, 1.807) is 4.57 Å². The summed E-state index contributed by atoms with van der Waals surface area (Å²) in [7, 11) is 0. The minimum absolute atomic E-state index is 0. The van der Waals surface area contributed by atoms with E-state index in [9.17, 15) is 9.59 Å².